The SMILES string of the molecule is C=CCOC12Oc3ccc(OCCSc4ccccc4)cc3C3C(CCCCO)C(CCCCO)C=C(C(=NOCc4ccccc4)CC1N(C)C(=O)OCc1ccccc1)C32. The highest BCUT2D eigenvalue weighted by atomic mass is 32.2. The summed E-state index contributed by atoms with van der Waals surface area (Å²) >= 11 is 1.75. The molecule has 1 amide bonds. The van der Waals surface area contributed by atoms with E-state index in [4.69, 9.17) is 28.9 Å². The molecule has 0 saturated heterocycles. The van der Waals surface area contributed by atoms with Gasteiger partial charge in [0, 0.05) is 48.8 Å². The minimum Gasteiger partial charge on any atom is -0.493 e. The molecule has 1 heterocycles. The number of nitrogens with zero attached hydrogens (tertiary/aromatic N) is 2. The molecule has 4 aromatic rings. The van der Waals surface area contributed by atoms with Crippen molar-refractivity contribution in [2.45, 2.75) is 80.8 Å². The van der Waals surface area contributed by atoms with E-state index in [-0.39, 0.29) is 57.2 Å². The average molecular weight is 861 g/mol. The van der Waals surface area contributed by atoms with Crippen LogP contribution in [0.4, 0.5) is 4.79 Å². The smallest absolute Gasteiger partial charge is 0.410 e. The summed E-state index contributed by atoms with van der Waals surface area (Å²) in [5.74, 6) is 0.411. The number of allylic oxidation sites excluding steroid dienone is 1. The van der Waals surface area contributed by atoms with Crippen molar-refractivity contribution in [2.24, 2.45) is 22.9 Å². The maximum atomic E-state index is 14.2. The molecular formula is C51H60N2O8S. The molecule has 7 rings (SSSR count). The highest BCUT2D eigenvalue weighted by Crippen LogP contribution is 2.62. The minimum absolute atomic E-state index is 0.0906. The summed E-state index contributed by atoms with van der Waals surface area (Å²) in [6.07, 6.45) is 8.55. The third-order valence-corrected chi connectivity index (χ3v) is 13.2. The number of thioether (sulfide) groups is 1. The van der Waals surface area contributed by atoms with Gasteiger partial charge in [-0.1, -0.05) is 109 Å². The van der Waals surface area contributed by atoms with Crippen LogP contribution in [-0.4, -0.2) is 78.0 Å². The lowest BCUT2D eigenvalue weighted by molar-refractivity contribution is -0.253. The Hall–Kier alpha value is -5.07. The molecular weight excluding hydrogens is 801 g/mol. The maximum absolute atomic E-state index is 14.2. The molecule has 6 atom stereocenters. The van der Waals surface area contributed by atoms with Crippen LogP contribution in [0.2, 0.25) is 0 Å². The molecule has 1 saturated carbocycles. The summed E-state index contributed by atoms with van der Waals surface area (Å²) < 4.78 is 26.7. The molecule has 0 spiro atoms. The molecule has 0 bridgehead atoms. The predicted octanol–water partition coefficient (Wildman–Crippen LogP) is 9.96. The number of aliphatic hydroxyl groups is 2. The molecule has 3 aliphatic rings. The van der Waals surface area contributed by atoms with Gasteiger partial charge in [-0.3, -0.25) is 0 Å². The van der Waals surface area contributed by atoms with E-state index in [1.165, 1.54) is 4.90 Å². The molecule has 1 aliphatic heterocycles. The van der Waals surface area contributed by atoms with E-state index in [0.29, 0.717) is 25.2 Å². The van der Waals surface area contributed by atoms with Crippen LogP contribution in [0.25, 0.3) is 0 Å². The van der Waals surface area contributed by atoms with Crippen LogP contribution in [0.5, 0.6) is 11.5 Å². The second-order valence-electron chi connectivity index (χ2n) is 16.2. The second kappa shape index (κ2) is 22.3. The quantitative estimate of drug-likeness (QED) is 0.0345. The number of aliphatic hydroxyl groups excluding tert-OH is 2. The lowest BCUT2D eigenvalue weighted by Crippen LogP contribution is -2.69. The van der Waals surface area contributed by atoms with E-state index in [0.717, 1.165) is 65.2 Å². The van der Waals surface area contributed by atoms with Crippen molar-refractivity contribution in [2.75, 3.05) is 39.2 Å². The average Bonchev–Trinajstić information content (AvgIpc) is 3.31. The first-order valence-electron chi connectivity index (χ1n) is 21.9. The summed E-state index contributed by atoms with van der Waals surface area (Å²) in [5.41, 5.74) is 4.56. The Morgan fingerprint density at radius 3 is 2.27 bits per heavy atom. The fourth-order valence-electron chi connectivity index (χ4n) is 9.36. The van der Waals surface area contributed by atoms with Gasteiger partial charge in [0.1, 0.15) is 30.8 Å². The van der Waals surface area contributed by atoms with Gasteiger partial charge in [-0.05, 0) is 84.6 Å². The topological polar surface area (TPSA) is 119 Å². The monoisotopic (exact) mass is 860 g/mol. The first kappa shape index (κ1) is 45.0. The Bertz CT molecular complexity index is 2100. The fourth-order valence-corrected chi connectivity index (χ4v) is 10.1. The van der Waals surface area contributed by atoms with E-state index in [2.05, 4.69) is 30.9 Å². The number of hydrogen-bond acceptors (Lipinski definition) is 10. The minimum atomic E-state index is -1.38. The molecule has 6 unspecified atom stereocenters. The van der Waals surface area contributed by atoms with Crippen molar-refractivity contribution in [3.63, 3.8) is 0 Å². The highest BCUT2D eigenvalue weighted by molar-refractivity contribution is 7.99. The number of oxime groups is 1. The summed E-state index contributed by atoms with van der Waals surface area (Å²) in [7, 11) is 1.74. The van der Waals surface area contributed by atoms with Gasteiger partial charge in [0.2, 0.25) is 5.79 Å². The number of benzene rings is 4. The summed E-state index contributed by atoms with van der Waals surface area (Å²) in [4.78, 5) is 23.2. The van der Waals surface area contributed by atoms with Gasteiger partial charge in [0.15, 0.2) is 0 Å². The zero-order valence-electron chi connectivity index (χ0n) is 35.7. The van der Waals surface area contributed by atoms with Crippen molar-refractivity contribution >= 4 is 23.6 Å². The zero-order chi connectivity index (χ0) is 43.2. The molecule has 62 heavy (non-hydrogen) atoms. The molecule has 10 nitrogen and oxygen atoms in total. The molecule has 2 N–H and O–H groups in total. The van der Waals surface area contributed by atoms with Crippen LogP contribution in [-0.2, 0) is 27.5 Å². The second-order valence-corrected chi connectivity index (χ2v) is 17.4. The fraction of sp³-hybridized carbons (Fsp3) is 0.412. The van der Waals surface area contributed by atoms with Crippen LogP contribution in [0.3, 0.4) is 0 Å². The predicted molar refractivity (Wildman–Crippen MR) is 243 cm³/mol. The Morgan fingerprint density at radius 1 is 0.903 bits per heavy atom. The van der Waals surface area contributed by atoms with Gasteiger partial charge < -0.3 is 38.9 Å². The van der Waals surface area contributed by atoms with Crippen molar-refractivity contribution < 1.29 is 38.8 Å². The molecule has 11 heteroatoms. The third kappa shape index (κ3) is 10.7. The molecule has 328 valence electrons. The lowest BCUT2D eigenvalue weighted by Gasteiger charge is -2.59. The van der Waals surface area contributed by atoms with Gasteiger partial charge in [-0.15, -0.1) is 18.3 Å². The van der Waals surface area contributed by atoms with E-state index in [1.54, 1.807) is 29.8 Å². The number of amides is 1. The summed E-state index contributed by atoms with van der Waals surface area (Å²) in [6, 6.07) is 35.2. The lowest BCUT2D eigenvalue weighted by atomic mass is 9.55. The number of carbonyl (C=O) groups excluding carboxylic acids is 1. The van der Waals surface area contributed by atoms with E-state index in [1.807, 2.05) is 91.0 Å². The van der Waals surface area contributed by atoms with E-state index < -0.39 is 23.8 Å². The van der Waals surface area contributed by atoms with Gasteiger partial charge in [-0.2, -0.15) is 0 Å². The Morgan fingerprint density at radius 2 is 1.58 bits per heavy atom. The number of hydrogen-bond donors (Lipinski definition) is 2. The number of fused-ring (bicyclic) bond motifs is 2. The largest absolute Gasteiger partial charge is 0.493 e. The van der Waals surface area contributed by atoms with Crippen LogP contribution >= 0.6 is 11.8 Å². The molecule has 2 aliphatic carbocycles. The maximum Gasteiger partial charge on any atom is 0.410 e. The highest BCUT2D eigenvalue weighted by Gasteiger charge is 2.65. The van der Waals surface area contributed by atoms with Gasteiger partial charge in [0.25, 0.3) is 0 Å². The van der Waals surface area contributed by atoms with Gasteiger partial charge >= 0.3 is 6.09 Å². The third-order valence-electron chi connectivity index (χ3n) is 12.2. The van der Waals surface area contributed by atoms with Crippen molar-refractivity contribution in [3.05, 3.63) is 150 Å². The number of carbonyl (C=O) groups is 1. The first-order valence-corrected chi connectivity index (χ1v) is 22.9. The molecule has 0 radical (unpaired) electrons. The van der Waals surface area contributed by atoms with Crippen molar-refractivity contribution in [1.29, 1.82) is 0 Å². The van der Waals surface area contributed by atoms with Crippen LogP contribution in [0.15, 0.2) is 144 Å². The number of unbranched alkanes of at least 4 members (excludes halogenated alkanes) is 2. The van der Waals surface area contributed by atoms with Crippen molar-refractivity contribution in [1.82, 2.24) is 4.90 Å². The number of rotatable bonds is 22. The summed E-state index contributed by atoms with van der Waals surface area (Å²) in [6.45, 7) is 5.32. The van der Waals surface area contributed by atoms with E-state index >= 15 is 0 Å². The molecule has 1 fully saturated rings. The Kier molecular flexibility index (Phi) is 16.2. The van der Waals surface area contributed by atoms with Crippen molar-refractivity contribution in [3.8, 4) is 11.5 Å². The van der Waals surface area contributed by atoms with Crippen LogP contribution < -0.4 is 9.47 Å². The van der Waals surface area contributed by atoms with Crippen LogP contribution in [0.1, 0.15) is 67.6 Å². The number of ether oxygens (including phenoxy) is 4. The van der Waals surface area contributed by atoms with Gasteiger partial charge in [0.05, 0.1) is 24.8 Å². The molecule has 4 aromatic carbocycles. The summed E-state index contributed by atoms with van der Waals surface area (Å²) in [5, 5.41) is 24.8. The van der Waals surface area contributed by atoms with E-state index in [9.17, 15) is 15.0 Å². The zero-order valence-corrected chi connectivity index (χ0v) is 36.5. The Balaban J connectivity index is 1.33. The first-order chi connectivity index (χ1) is 30.5. The molecule has 0 aromatic heterocycles. The van der Waals surface area contributed by atoms with Gasteiger partial charge in [-0.25, -0.2) is 4.79 Å². The van der Waals surface area contributed by atoms with Crippen LogP contribution in [0, 0.1) is 17.8 Å². The Labute approximate surface area is 370 Å². The number of likely N-dealkylation sites (N-methyl/N-ethyl adjacent to an activating group) is 1. The standard InChI is InChI=1S/C51H60N2O8S/c1-3-29-59-51-47(53(2)50(56)58-35-37-17-7-4-8-18-37)34-45(52-60-36-38-19-9-5-10-20-38)43-32-39(21-13-15-27-54)42(24-14-16-28-55)48(49(43)51)44-33-40(25-26-46(44)61-51)57-30-31-62-41-22-11-6-12-23-41/h3-12,17-20,22-23,25-26,32-33,39,42,47-49,54-55H,1,13-16,21,24,27-31,34-36H2,2H3. The normalized spacial score (nSPS) is 23.0.